The molecule has 7 heteroatoms. The molecular weight excluding hydrogens is 361 g/mol. The van der Waals surface area contributed by atoms with Crippen molar-refractivity contribution in [1.29, 1.82) is 0 Å². The lowest BCUT2D eigenvalue weighted by Crippen LogP contribution is -2.54. The number of hydrogen-bond donors (Lipinski definition) is 2. The van der Waals surface area contributed by atoms with Gasteiger partial charge >= 0.3 is 0 Å². The molecule has 1 aliphatic heterocycles. The van der Waals surface area contributed by atoms with Crippen LogP contribution >= 0.6 is 0 Å². The number of nitrogens with zero attached hydrogens (tertiary/aromatic N) is 2. The average Bonchev–Trinajstić information content (AvgIpc) is 2.71. The van der Waals surface area contributed by atoms with E-state index in [1.54, 1.807) is 4.90 Å². The van der Waals surface area contributed by atoms with Crippen LogP contribution in [0.4, 0.5) is 4.39 Å². The van der Waals surface area contributed by atoms with E-state index < -0.39 is 11.7 Å². The van der Waals surface area contributed by atoms with Gasteiger partial charge in [0.2, 0.25) is 0 Å². The summed E-state index contributed by atoms with van der Waals surface area (Å²) in [6.45, 7) is 2.00. The van der Waals surface area contributed by atoms with Crippen molar-refractivity contribution < 1.29 is 19.0 Å². The lowest BCUT2D eigenvalue weighted by molar-refractivity contribution is 0.0417. The van der Waals surface area contributed by atoms with Crippen LogP contribution in [0.25, 0.3) is 0 Å². The van der Waals surface area contributed by atoms with Crippen LogP contribution in [0.15, 0.2) is 42.5 Å². The second-order valence-electron chi connectivity index (χ2n) is 6.99. The van der Waals surface area contributed by atoms with Gasteiger partial charge in [0.05, 0.1) is 18.2 Å². The van der Waals surface area contributed by atoms with Crippen molar-refractivity contribution in [2.24, 2.45) is 5.73 Å². The van der Waals surface area contributed by atoms with Crippen LogP contribution in [0, 0.1) is 5.82 Å². The van der Waals surface area contributed by atoms with Crippen molar-refractivity contribution in [3.63, 3.8) is 0 Å². The van der Waals surface area contributed by atoms with E-state index in [-0.39, 0.29) is 18.2 Å². The molecule has 1 saturated heterocycles. The number of aliphatic hydroxyl groups is 1. The maximum absolute atomic E-state index is 14.3. The Kier molecular flexibility index (Phi) is 6.61. The van der Waals surface area contributed by atoms with E-state index in [1.807, 2.05) is 36.2 Å². The molecule has 0 saturated carbocycles. The SMILES string of the molecule is CN1CCN(C(=O)c2cc(Oc3ccc(CCN)cc3)ccc2F)CC1CO. The number of aliphatic hydroxyl groups excluding tert-OH is 1. The van der Waals surface area contributed by atoms with E-state index in [9.17, 15) is 14.3 Å². The highest BCUT2D eigenvalue weighted by molar-refractivity contribution is 5.95. The molecule has 28 heavy (non-hydrogen) atoms. The molecule has 0 aromatic heterocycles. The summed E-state index contributed by atoms with van der Waals surface area (Å²) in [5.74, 6) is 0.0118. The van der Waals surface area contributed by atoms with Crippen molar-refractivity contribution in [3.05, 3.63) is 59.4 Å². The second-order valence-corrected chi connectivity index (χ2v) is 6.99. The van der Waals surface area contributed by atoms with Gasteiger partial charge in [-0.05, 0) is 55.9 Å². The standard InChI is InChI=1S/C21H26FN3O3/c1-24-10-11-25(13-16(24)14-26)21(27)19-12-18(6-7-20(19)22)28-17-4-2-15(3-5-17)8-9-23/h2-7,12,16,26H,8-11,13-14,23H2,1H3. The molecule has 1 aliphatic rings. The first-order valence-electron chi connectivity index (χ1n) is 9.38. The predicted molar refractivity (Wildman–Crippen MR) is 105 cm³/mol. The van der Waals surface area contributed by atoms with Crippen molar-refractivity contribution in [2.75, 3.05) is 39.8 Å². The zero-order chi connectivity index (χ0) is 20.1. The maximum atomic E-state index is 14.3. The number of carbonyl (C=O) groups is 1. The van der Waals surface area contributed by atoms with Crippen LogP contribution < -0.4 is 10.5 Å². The second kappa shape index (κ2) is 9.14. The number of hydrogen-bond acceptors (Lipinski definition) is 5. The zero-order valence-corrected chi connectivity index (χ0v) is 16.0. The van der Waals surface area contributed by atoms with E-state index >= 15 is 0 Å². The van der Waals surface area contributed by atoms with Gasteiger partial charge in [0, 0.05) is 19.6 Å². The third kappa shape index (κ3) is 4.67. The third-order valence-corrected chi connectivity index (χ3v) is 5.04. The highest BCUT2D eigenvalue weighted by Gasteiger charge is 2.28. The lowest BCUT2D eigenvalue weighted by Gasteiger charge is -2.38. The summed E-state index contributed by atoms with van der Waals surface area (Å²) in [5, 5.41) is 9.47. The molecule has 6 nitrogen and oxygen atoms in total. The number of benzene rings is 2. The molecule has 0 aliphatic carbocycles. The number of halogens is 1. The molecule has 0 radical (unpaired) electrons. The molecule has 0 bridgehead atoms. The van der Waals surface area contributed by atoms with Gasteiger partial charge in [-0.2, -0.15) is 0 Å². The van der Waals surface area contributed by atoms with Gasteiger partial charge < -0.3 is 20.5 Å². The largest absolute Gasteiger partial charge is 0.457 e. The molecule has 1 fully saturated rings. The minimum absolute atomic E-state index is 0.0292. The summed E-state index contributed by atoms with van der Waals surface area (Å²) in [5.41, 5.74) is 6.63. The summed E-state index contributed by atoms with van der Waals surface area (Å²) < 4.78 is 20.1. The van der Waals surface area contributed by atoms with Gasteiger partial charge in [-0.3, -0.25) is 9.69 Å². The van der Waals surface area contributed by atoms with E-state index in [2.05, 4.69) is 0 Å². The molecule has 1 unspecified atom stereocenters. The number of likely N-dealkylation sites (N-methyl/N-ethyl adjacent to an activating group) is 1. The number of ether oxygens (including phenoxy) is 1. The first kappa shape index (κ1) is 20.3. The van der Waals surface area contributed by atoms with Crippen molar-refractivity contribution in [3.8, 4) is 11.5 Å². The van der Waals surface area contributed by atoms with Crippen LogP contribution in [-0.2, 0) is 6.42 Å². The third-order valence-electron chi connectivity index (χ3n) is 5.04. The molecular formula is C21H26FN3O3. The molecule has 1 atom stereocenters. The van der Waals surface area contributed by atoms with Gasteiger partial charge in [0.15, 0.2) is 0 Å². The first-order chi connectivity index (χ1) is 13.5. The summed E-state index contributed by atoms with van der Waals surface area (Å²) in [6, 6.07) is 11.5. The summed E-state index contributed by atoms with van der Waals surface area (Å²) >= 11 is 0. The molecule has 150 valence electrons. The highest BCUT2D eigenvalue weighted by atomic mass is 19.1. The number of nitrogens with two attached hydrogens (primary N) is 1. The smallest absolute Gasteiger partial charge is 0.257 e. The van der Waals surface area contributed by atoms with Gasteiger partial charge in [-0.15, -0.1) is 0 Å². The fourth-order valence-corrected chi connectivity index (χ4v) is 3.26. The number of amides is 1. The van der Waals surface area contributed by atoms with Crippen molar-refractivity contribution in [1.82, 2.24) is 9.80 Å². The van der Waals surface area contributed by atoms with E-state index in [0.29, 0.717) is 37.7 Å². The summed E-state index contributed by atoms with van der Waals surface area (Å²) in [7, 11) is 1.90. The fraction of sp³-hybridized carbons (Fsp3) is 0.381. The van der Waals surface area contributed by atoms with Gasteiger partial charge in [-0.1, -0.05) is 12.1 Å². The summed E-state index contributed by atoms with van der Waals surface area (Å²) in [4.78, 5) is 16.4. The van der Waals surface area contributed by atoms with E-state index in [1.165, 1.54) is 18.2 Å². The van der Waals surface area contributed by atoms with Crippen molar-refractivity contribution in [2.45, 2.75) is 12.5 Å². The molecule has 3 N–H and O–H groups in total. The van der Waals surface area contributed by atoms with Crippen LogP contribution in [-0.4, -0.2) is 66.7 Å². The fourth-order valence-electron chi connectivity index (χ4n) is 3.26. The Morgan fingerprint density at radius 1 is 1.21 bits per heavy atom. The Labute approximate surface area is 164 Å². The van der Waals surface area contributed by atoms with Gasteiger partial charge in [0.1, 0.15) is 17.3 Å². The minimum atomic E-state index is -0.588. The molecule has 0 spiro atoms. The van der Waals surface area contributed by atoms with E-state index in [4.69, 9.17) is 10.5 Å². The first-order valence-corrected chi connectivity index (χ1v) is 9.38. The van der Waals surface area contributed by atoms with Gasteiger partial charge in [0.25, 0.3) is 5.91 Å². The zero-order valence-electron chi connectivity index (χ0n) is 16.0. The Morgan fingerprint density at radius 2 is 1.93 bits per heavy atom. The Bertz CT molecular complexity index is 813. The van der Waals surface area contributed by atoms with Gasteiger partial charge in [-0.25, -0.2) is 4.39 Å². The van der Waals surface area contributed by atoms with Crippen LogP contribution in [0.1, 0.15) is 15.9 Å². The highest BCUT2D eigenvalue weighted by Crippen LogP contribution is 2.25. The molecule has 2 aromatic carbocycles. The van der Waals surface area contributed by atoms with E-state index in [0.717, 1.165) is 12.0 Å². The molecule has 2 aromatic rings. The maximum Gasteiger partial charge on any atom is 0.257 e. The number of piperazine rings is 1. The summed E-state index contributed by atoms with van der Waals surface area (Å²) in [6.07, 6.45) is 0.787. The van der Waals surface area contributed by atoms with Crippen molar-refractivity contribution >= 4 is 5.91 Å². The van der Waals surface area contributed by atoms with Crippen LogP contribution in [0.2, 0.25) is 0 Å². The quantitative estimate of drug-likeness (QED) is 0.791. The number of rotatable bonds is 6. The molecule has 1 amide bonds. The normalized spacial score (nSPS) is 17.6. The van der Waals surface area contributed by atoms with Crippen LogP contribution in [0.5, 0.6) is 11.5 Å². The Balaban J connectivity index is 1.74. The predicted octanol–water partition coefficient (Wildman–Crippen LogP) is 1.87. The molecule has 1 heterocycles. The topological polar surface area (TPSA) is 79.0 Å². The monoisotopic (exact) mass is 387 g/mol. The average molecular weight is 387 g/mol. The minimum Gasteiger partial charge on any atom is -0.457 e. The van der Waals surface area contributed by atoms with Crippen LogP contribution in [0.3, 0.4) is 0 Å². The lowest BCUT2D eigenvalue weighted by atomic mass is 10.1. The molecule has 3 rings (SSSR count). The Hall–Kier alpha value is -2.48. The Morgan fingerprint density at radius 3 is 2.61 bits per heavy atom. The number of carbonyl (C=O) groups excluding carboxylic acids is 1.